The van der Waals surface area contributed by atoms with Crippen molar-refractivity contribution in [1.29, 1.82) is 0 Å². The van der Waals surface area contributed by atoms with Crippen molar-refractivity contribution < 1.29 is 29.4 Å². The van der Waals surface area contributed by atoms with E-state index in [1.54, 1.807) is 0 Å². The quantitative estimate of drug-likeness (QED) is 0.202. The molecule has 0 aromatic carbocycles. The van der Waals surface area contributed by atoms with E-state index in [1.165, 1.54) is 77.6 Å². The highest BCUT2D eigenvalue weighted by atomic mass is 16.6. The summed E-state index contributed by atoms with van der Waals surface area (Å²) < 4.78 is 4.48. The van der Waals surface area contributed by atoms with E-state index in [4.69, 9.17) is 10.3 Å². The van der Waals surface area contributed by atoms with Crippen LogP contribution in [0.2, 0.25) is 0 Å². The molecule has 0 bridgehead atoms. The second-order valence-electron chi connectivity index (χ2n) is 8.12. The molecule has 1 atom stereocenters. The molecule has 1 aliphatic rings. The van der Waals surface area contributed by atoms with Gasteiger partial charge in [-0.1, -0.05) is 84.0 Å². The van der Waals surface area contributed by atoms with Crippen LogP contribution in [0.25, 0.3) is 0 Å². The molecule has 0 saturated carbocycles. The lowest BCUT2D eigenvalue weighted by atomic mass is 10.0. The first-order valence-electron chi connectivity index (χ1n) is 11.8. The molecule has 176 valence electrons. The minimum atomic E-state index is -0.935. The van der Waals surface area contributed by atoms with Crippen LogP contribution < -0.4 is 0 Å². The molecule has 0 amide bonds. The predicted octanol–water partition coefficient (Wildman–Crippen LogP) is 5.48. The first-order valence-corrected chi connectivity index (χ1v) is 11.8. The van der Waals surface area contributed by atoms with E-state index in [2.05, 4.69) is 11.7 Å². The average molecular weight is 430 g/mol. The Hall–Kier alpha value is -1.47. The Labute approximate surface area is 182 Å². The van der Waals surface area contributed by atoms with Gasteiger partial charge in [0.1, 0.15) is 6.04 Å². The number of esters is 2. The molecule has 7 nitrogen and oxygen atoms in total. The topological polar surface area (TPSA) is 104 Å². The van der Waals surface area contributed by atoms with Gasteiger partial charge < -0.3 is 15.1 Å². The third kappa shape index (κ3) is 17.4. The van der Waals surface area contributed by atoms with E-state index < -0.39 is 18.0 Å². The molecule has 0 aromatic rings. The molecule has 1 saturated heterocycles. The number of carboxylic acids is 1. The number of hydrogen-bond donors (Lipinski definition) is 2. The van der Waals surface area contributed by atoms with Gasteiger partial charge in [-0.3, -0.25) is 14.4 Å². The summed E-state index contributed by atoms with van der Waals surface area (Å²) in [6.45, 7) is 4.00. The SMILES string of the molecule is CCCCCCCCCCCCCCCC(=O)OC(C)=O.O=C(O)C1CCCN1O. The van der Waals surface area contributed by atoms with Crippen molar-refractivity contribution in [2.24, 2.45) is 0 Å². The molecule has 30 heavy (non-hydrogen) atoms. The Morgan fingerprint density at radius 3 is 1.67 bits per heavy atom. The van der Waals surface area contributed by atoms with Crippen LogP contribution in [0.3, 0.4) is 0 Å². The van der Waals surface area contributed by atoms with Crippen molar-refractivity contribution in [2.75, 3.05) is 6.54 Å². The number of hydrogen-bond acceptors (Lipinski definition) is 6. The molecule has 1 fully saturated rings. The third-order valence-corrected chi connectivity index (χ3v) is 5.25. The van der Waals surface area contributed by atoms with Crippen LogP contribution in [-0.4, -0.2) is 45.9 Å². The standard InChI is InChI=1S/C18H34O3.C5H9NO3/c1-3-4-5-6-7-8-9-10-11-12-13-14-15-16-18(20)21-17(2)19;7-5(8)4-2-1-3-6(4)9/h3-16H2,1-2H3;4,9H,1-3H2,(H,7,8). The summed E-state index contributed by atoms with van der Waals surface area (Å²) in [6, 6.07) is -0.662. The molecule has 0 aliphatic carbocycles. The zero-order valence-electron chi connectivity index (χ0n) is 19.1. The van der Waals surface area contributed by atoms with Crippen LogP contribution in [0, 0.1) is 0 Å². The molecule has 1 aliphatic heterocycles. The van der Waals surface area contributed by atoms with Gasteiger partial charge in [-0.15, -0.1) is 0 Å². The fourth-order valence-electron chi connectivity index (χ4n) is 3.50. The number of hydroxylamine groups is 2. The number of carbonyl (C=O) groups is 3. The molecule has 1 unspecified atom stereocenters. The number of carboxylic acid groups (broad SMARTS) is 1. The molecule has 0 spiro atoms. The number of carbonyl (C=O) groups excluding carboxylic acids is 2. The number of ether oxygens (including phenoxy) is 1. The maximum atomic E-state index is 11.1. The Balaban J connectivity index is 0.000000769. The second kappa shape index (κ2) is 19.5. The molecular formula is C23H43NO6. The van der Waals surface area contributed by atoms with Gasteiger partial charge in [0.15, 0.2) is 0 Å². The van der Waals surface area contributed by atoms with Crippen molar-refractivity contribution >= 4 is 17.9 Å². The van der Waals surface area contributed by atoms with Crippen molar-refractivity contribution in [2.45, 2.75) is 123 Å². The Morgan fingerprint density at radius 1 is 0.867 bits per heavy atom. The summed E-state index contributed by atoms with van der Waals surface area (Å²) in [7, 11) is 0. The number of unbranched alkanes of at least 4 members (excludes halogenated alkanes) is 12. The minimum Gasteiger partial charge on any atom is -0.480 e. The number of rotatable bonds is 15. The van der Waals surface area contributed by atoms with Gasteiger partial charge >= 0.3 is 17.9 Å². The predicted molar refractivity (Wildman–Crippen MR) is 116 cm³/mol. The largest absolute Gasteiger partial charge is 0.480 e. The fourth-order valence-corrected chi connectivity index (χ4v) is 3.50. The van der Waals surface area contributed by atoms with Crippen molar-refractivity contribution in [3.8, 4) is 0 Å². The van der Waals surface area contributed by atoms with Crippen LogP contribution in [-0.2, 0) is 19.1 Å². The van der Waals surface area contributed by atoms with E-state index in [0.29, 0.717) is 19.4 Å². The minimum absolute atomic E-state index is 0.372. The van der Waals surface area contributed by atoms with E-state index >= 15 is 0 Å². The molecule has 2 N–H and O–H groups in total. The maximum Gasteiger partial charge on any atom is 0.323 e. The van der Waals surface area contributed by atoms with Gasteiger partial charge in [-0.05, 0) is 19.3 Å². The zero-order valence-corrected chi connectivity index (χ0v) is 19.1. The smallest absolute Gasteiger partial charge is 0.323 e. The summed E-state index contributed by atoms with van der Waals surface area (Å²) in [5.41, 5.74) is 0. The maximum absolute atomic E-state index is 11.1. The van der Waals surface area contributed by atoms with E-state index in [9.17, 15) is 14.4 Å². The van der Waals surface area contributed by atoms with Crippen LogP contribution in [0.1, 0.15) is 117 Å². The molecule has 0 aromatic heterocycles. The lowest BCUT2D eigenvalue weighted by molar-refractivity contribution is -0.161. The average Bonchev–Trinajstić information content (AvgIpc) is 3.12. The van der Waals surface area contributed by atoms with Crippen molar-refractivity contribution in [3.05, 3.63) is 0 Å². The Morgan fingerprint density at radius 2 is 1.33 bits per heavy atom. The van der Waals surface area contributed by atoms with Crippen LogP contribution in [0.5, 0.6) is 0 Å². The first kappa shape index (κ1) is 28.5. The monoisotopic (exact) mass is 429 g/mol. The van der Waals surface area contributed by atoms with E-state index in [1.807, 2.05) is 0 Å². The molecule has 1 heterocycles. The van der Waals surface area contributed by atoms with Gasteiger partial charge in [0.2, 0.25) is 0 Å². The Kier molecular flexibility index (Phi) is 18.5. The van der Waals surface area contributed by atoms with Gasteiger partial charge in [-0.2, -0.15) is 5.06 Å². The number of nitrogens with zero attached hydrogens (tertiary/aromatic N) is 1. The first-order chi connectivity index (χ1) is 14.4. The van der Waals surface area contributed by atoms with Crippen molar-refractivity contribution in [1.82, 2.24) is 5.06 Å². The summed E-state index contributed by atoms with van der Waals surface area (Å²) in [5, 5.41) is 18.1. The van der Waals surface area contributed by atoms with Crippen molar-refractivity contribution in [3.63, 3.8) is 0 Å². The fraction of sp³-hybridized carbons (Fsp3) is 0.870. The van der Waals surface area contributed by atoms with Gasteiger partial charge in [0, 0.05) is 19.9 Å². The summed E-state index contributed by atoms with van der Waals surface area (Å²) in [4.78, 5) is 31.9. The number of aliphatic carboxylic acids is 1. The van der Waals surface area contributed by atoms with Gasteiger partial charge in [-0.25, -0.2) is 0 Å². The summed E-state index contributed by atoms with van der Waals surface area (Å²) in [6.07, 6.45) is 18.4. The lowest BCUT2D eigenvalue weighted by Crippen LogP contribution is -2.32. The van der Waals surface area contributed by atoms with E-state index in [0.717, 1.165) is 24.3 Å². The highest BCUT2D eigenvalue weighted by molar-refractivity contribution is 5.83. The van der Waals surface area contributed by atoms with Gasteiger partial charge in [0.25, 0.3) is 0 Å². The van der Waals surface area contributed by atoms with E-state index in [-0.39, 0.29) is 5.97 Å². The second-order valence-corrected chi connectivity index (χ2v) is 8.12. The highest BCUT2D eigenvalue weighted by Crippen LogP contribution is 2.14. The lowest BCUT2D eigenvalue weighted by Gasteiger charge is -2.11. The normalized spacial score (nSPS) is 16.0. The molecule has 0 radical (unpaired) electrons. The molecule has 7 heteroatoms. The summed E-state index contributed by atoms with van der Waals surface area (Å²) in [5.74, 6) is -1.82. The van der Waals surface area contributed by atoms with Gasteiger partial charge in [0.05, 0.1) is 0 Å². The Bertz CT molecular complexity index is 469. The highest BCUT2D eigenvalue weighted by Gasteiger charge is 2.28. The van der Waals surface area contributed by atoms with Crippen LogP contribution >= 0.6 is 0 Å². The van der Waals surface area contributed by atoms with Crippen LogP contribution in [0.15, 0.2) is 0 Å². The third-order valence-electron chi connectivity index (χ3n) is 5.25. The zero-order chi connectivity index (χ0) is 22.6. The molecular weight excluding hydrogens is 386 g/mol. The molecule has 1 rings (SSSR count). The van der Waals surface area contributed by atoms with Crippen LogP contribution in [0.4, 0.5) is 0 Å². The summed E-state index contributed by atoms with van der Waals surface area (Å²) >= 11 is 0.